The fourth-order valence-electron chi connectivity index (χ4n) is 2.90. The standard InChI is InChI=1S/C16H22ClFN2O/c1-3-13-10-20(11(2)21)7-6-16(13)19-9-12-4-5-14(17)15(18)8-12/h4-5,8,13,16,19H,3,6-7,9-10H2,1-2H3/t13-,16+/m1/s1. The van der Waals surface area contributed by atoms with Gasteiger partial charge in [0.1, 0.15) is 5.82 Å². The van der Waals surface area contributed by atoms with Crippen molar-refractivity contribution in [2.75, 3.05) is 13.1 Å². The third-order valence-corrected chi connectivity index (χ3v) is 4.56. The summed E-state index contributed by atoms with van der Waals surface area (Å²) < 4.78 is 13.4. The van der Waals surface area contributed by atoms with Gasteiger partial charge in [-0.25, -0.2) is 4.39 Å². The molecule has 1 heterocycles. The highest BCUT2D eigenvalue weighted by molar-refractivity contribution is 6.30. The second-order valence-electron chi connectivity index (χ2n) is 5.66. The van der Waals surface area contributed by atoms with E-state index in [4.69, 9.17) is 11.6 Å². The molecule has 1 aliphatic heterocycles. The Labute approximate surface area is 130 Å². The van der Waals surface area contributed by atoms with E-state index < -0.39 is 0 Å². The summed E-state index contributed by atoms with van der Waals surface area (Å²) in [6, 6.07) is 5.26. The SMILES string of the molecule is CC[C@@H]1CN(C(C)=O)CC[C@@H]1NCc1ccc(Cl)c(F)c1. The van der Waals surface area contributed by atoms with E-state index in [0.29, 0.717) is 18.5 Å². The summed E-state index contributed by atoms with van der Waals surface area (Å²) in [7, 11) is 0. The van der Waals surface area contributed by atoms with Crippen LogP contribution in [-0.2, 0) is 11.3 Å². The molecular weight excluding hydrogens is 291 g/mol. The quantitative estimate of drug-likeness (QED) is 0.926. The van der Waals surface area contributed by atoms with Gasteiger partial charge in [-0.1, -0.05) is 31.0 Å². The number of likely N-dealkylation sites (tertiary alicyclic amines) is 1. The average Bonchev–Trinajstić information content (AvgIpc) is 2.48. The van der Waals surface area contributed by atoms with Crippen molar-refractivity contribution >= 4 is 17.5 Å². The summed E-state index contributed by atoms with van der Waals surface area (Å²) in [5, 5.41) is 3.65. The van der Waals surface area contributed by atoms with Crippen LogP contribution >= 0.6 is 11.6 Å². The first kappa shape index (κ1) is 16.2. The first-order chi connectivity index (χ1) is 10.0. The number of halogens is 2. The van der Waals surface area contributed by atoms with Crippen molar-refractivity contribution in [2.24, 2.45) is 5.92 Å². The molecule has 0 radical (unpaired) electrons. The molecule has 1 aromatic rings. The van der Waals surface area contributed by atoms with Gasteiger partial charge in [0.05, 0.1) is 5.02 Å². The number of benzene rings is 1. The molecule has 0 aliphatic carbocycles. The van der Waals surface area contributed by atoms with Crippen LogP contribution in [0.3, 0.4) is 0 Å². The average molecular weight is 313 g/mol. The number of hydrogen-bond donors (Lipinski definition) is 1. The zero-order valence-electron chi connectivity index (χ0n) is 12.5. The van der Waals surface area contributed by atoms with Crippen molar-refractivity contribution in [3.05, 3.63) is 34.6 Å². The second kappa shape index (κ2) is 7.23. The summed E-state index contributed by atoms with van der Waals surface area (Å²) in [5.74, 6) is 0.209. The van der Waals surface area contributed by atoms with Crippen molar-refractivity contribution in [3.8, 4) is 0 Å². The van der Waals surface area contributed by atoms with Crippen LogP contribution in [-0.4, -0.2) is 29.9 Å². The number of carbonyl (C=O) groups is 1. The lowest BCUT2D eigenvalue weighted by Crippen LogP contribution is -2.50. The van der Waals surface area contributed by atoms with Crippen LogP contribution in [0.1, 0.15) is 32.3 Å². The smallest absolute Gasteiger partial charge is 0.219 e. The Morgan fingerprint density at radius 1 is 1.52 bits per heavy atom. The zero-order chi connectivity index (χ0) is 15.4. The summed E-state index contributed by atoms with van der Waals surface area (Å²) in [5.41, 5.74) is 0.890. The van der Waals surface area contributed by atoms with E-state index in [1.807, 2.05) is 11.0 Å². The van der Waals surface area contributed by atoms with E-state index in [9.17, 15) is 9.18 Å². The fourth-order valence-corrected chi connectivity index (χ4v) is 3.02. The third-order valence-electron chi connectivity index (χ3n) is 4.26. The monoisotopic (exact) mass is 312 g/mol. The molecule has 1 saturated heterocycles. The van der Waals surface area contributed by atoms with Crippen molar-refractivity contribution in [2.45, 2.75) is 39.3 Å². The molecule has 116 valence electrons. The Morgan fingerprint density at radius 2 is 2.29 bits per heavy atom. The molecule has 2 atom stereocenters. The lowest BCUT2D eigenvalue weighted by molar-refractivity contribution is -0.131. The Hall–Kier alpha value is -1.13. The van der Waals surface area contributed by atoms with Gasteiger partial charge in [-0.3, -0.25) is 4.79 Å². The van der Waals surface area contributed by atoms with Gasteiger partial charge in [0, 0.05) is 32.6 Å². The first-order valence-electron chi connectivity index (χ1n) is 7.44. The molecule has 1 fully saturated rings. The number of hydrogen-bond acceptors (Lipinski definition) is 2. The number of nitrogens with zero attached hydrogens (tertiary/aromatic N) is 1. The maximum Gasteiger partial charge on any atom is 0.219 e. The highest BCUT2D eigenvalue weighted by Crippen LogP contribution is 2.21. The molecule has 2 rings (SSSR count). The number of nitrogens with one attached hydrogen (secondary N) is 1. The normalized spacial score (nSPS) is 22.4. The summed E-state index contributed by atoms with van der Waals surface area (Å²) in [6.45, 7) is 5.98. The van der Waals surface area contributed by atoms with Crippen LogP contribution < -0.4 is 5.32 Å². The van der Waals surface area contributed by atoms with E-state index >= 15 is 0 Å². The number of amides is 1. The fraction of sp³-hybridized carbons (Fsp3) is 0.562. The minimum atomic E-state index is -0.380. The predicted molar refractivity (Wildman–Crippen MR) is 82.7 cm³/mol. The summed E-state index contributed by atoms with van der Waals surface area (Å²) >= 11 is 5.69. The minimum Gasteiger partial charge on any atom is -0.343 e. The van der Waals surface area contributed by atoms with Crippen LogP contribution in [0.2, 0.25) is 5.02 Å². The van der Waals surface area contributed by atoms with Crippen LogP contribution in [0.25, 0.3) is 0 Å². The van der Waals surface area contributed by atoms with Crippen molar-refractivity contribution in [3.63, 3.8) is 0 Å². The molecule has 0 bridgehead atoms. The topological polar surface area (TPSA) is 32.3 Å². The molecule has 1 N–H and O–H groups in total. The Morgan fingerprint density at radius 3 is 2.90 bits per heavy atom. The van der Waals surface area contributed by atoms with Gasteiger partial charge in [-0.05, 0) is 30.0 Å². The highest BCUT2D eigenvalue weighted by Gasteiger charge is 2.28. The van der Waals surface area contributed by atoms with Gasteiger partial charge < -0.3 is 10.2 Å². The summed E-state index contributed by atoms with van der Waals surface area (Å²) in [6.07, 6.45) is 1.96. The van der Waals surface area contributed by atoms with Crippen molar-refractivity contribution in [1.82, 2.24) is 10.2 Å². The minimum absolute atomic E-state index is 0.145. The Balaban J connectivity index is 1.93. The highest BCUT2D eigenvalue weighted by atomic mass is 35.5. The zero-order valence-corrected chi connectivity index (χ0v) is 13.3. The predicted octanol–water partition coefficient (Wildman–Crippen LogP) is 3.22. The molecule has 0 aromatic heterocycles. The van der Waals surface area contributed by atoms with Crippen LogP contribution in [0.4, 0.5) is 4.39 Å². The van der Waals surface area contributed by atoms with Gasteiger partial charge in [-0.2, -0.15) is 0 Å². The van der Waals surface area contributed by atoms with Gasteiger partial charge in [0.2, 0.25) is 5.91 Å². The van der Waals surface area contributed by atoms with Crippen LogP contribution in [0.5, 0.6) is 0 Å². The van der Waals surface area contributed by atoms with Gasteiger partial charge in [0.15, 0.2) is 0 Å². The second-order valence-corrected chi connectivity index (χ2v) is 6.07. The molecule has 21 heavy (non-hydrogen) atoms. The van der Waals surface area contributed by atoms with E-state index in [2.05, 4.69) is 12.2 Å². The molecule has 3 nitrogen and oxygen atoms in total. The molecular formula is C16H22ClFN2O. The van der Waals surface area contributed by atoms with E-state index in [-0.39, 0.29) is 16.7 Å². The molecule has 0 unspecified atom stereocenters. The van der Waals surface area contributed by atoms with Crippen LogP contribution in [0, 0.1) is 11.7 Å². The molecule has 0 spiro atoms. The molecule has 1 aliphatic rings. The molecule has 5 heteroatoms. The van der Waals surface area contributed by atoms with Gasteiger partial charge >= 0.3 is 0 Å². The van der Waals surface area contributed by atoms with Crippen molar-refractivity contribution in [1.29, 1.82) is 0 Å². The van der Waals surface area contributed by atoms with E-state index in [1.54, 1.807) is 13.0 Å². The van der Waals surface area contributed by atoms with E-state index in [1.165, 1.54) is 6.07 Å². The molecule has 1 amide bonds. The number of rotatable bonds is 4. The Bertz CT molecular complexity index is 509. The molecule has 0 saturated carbocycles. The summed E-state index contributed by atoms with van der Waals surface area (Å²) in [4.78, 5) is 13.4. The maximum absolute atomic E-state index is 13.4. The Kier molecular flexibility index (Phi) is 5.59. The van der Waals surface area contributed by atoms with Gasteiger partial charge in [0.25, 0.3) is 0 Å². The van der Waals surface area contributed by atoms with Crippen molar-refractivity contribution < 1.29 is 9.18 Å². The lowest BCUT2D eigenvalue weighted by Gasteiger charge is -2.38. The van der Waals surface area contributed by atoms with Gasteiger partial charge in [-0.15, -0.1) is 0 Å². The largest absolute Gasteiger partial charge is 0.343 e. The third kappa shape index (κ3) is 4.17. The lowest BCUT2D eigenvalue weighted by atomic mass is 9.89. The van der Waals surface area contributed by atoms with Crippen LogP contribution in [0.15, 0.2) is 18.2 Å². The first-order valence-corrected chi connectivity index (χ1v) is 7.82. The maximum atomic E-state index is 13.4. The molecule has 1 aromatic carbocycles. The number of piperidine rings is 1. The van der Waals surface area contributed by atoms with E-state index in [0.717, 1.165) is 31.5 Å². The number of carbonyl (C=O) groups excluding carboxylic acids is 1.